The summed E-state index contributed by atoms with van der Waals surface area (Å²) in [5.74, 6) is 6.57. The maximum absolute atomic E-state index is 5.25. The van der Waals surface area contributed by atoms with E-state index in [0.717, 1.165) is 12.2 Å². The summed E-state index contributed by atoms with van der Waals surface area (Å²) in [6, 6.07) is 1.99. The average Bonchev–Trinajstić information content (AvgIpc) is 2.29. The SMILES string of the molecule is CCC(COC)Nc1cc(NN)ncn1. The van der Waals surface area contributed by atoms with E-state index in [1.165, 1.54) is 6.33 Å². The predicted molar refractivity (Wildman–Crippen MR) is 59.4 cm³/mol. The Labute approximate surface area is 89.2 Å². The van der Waals surface area contributed by atoms with E-state index in [0.29, 0.717) is 12.4 Å². The van der Waals surface area contributed by atoms with Gasteiger partial charge in [-0.2, -0.15) is 0 Å². The topological polar surface area (TPSA) is 85.1 Å². The van der Waals surface area contributed by atoms with Gasteiger partial charge in [-0.05, 0) is 6.42 Å². The maximum atomic E-state index is 5.25. The van der Waals surface area contributed by atoms with Crippen LogP contribution in [0.1, 0.15) is 13.3 Å². The number of nitrogens with one attached hydrogen (secondary N) is 2. The second-order valence-electron chi connectivity index (χ2n) is 3.14. The first-order valence-corrected chi connectivity index (χ1v) is 4.84. The summed E-state index contributed by atoms with van der Waals surface area (Å²) < 4.78 is 5.08. The molecule has 0 aromatic carbocycles. The van der Waals surface area contributed by atoms with Crippen molar-refractivity contribution in [2.45, 2.75) is 19.4 Å². The first-order valence-electron chi connectivity index (χ1n) is 4.84. The zero-order valence-electron chi connectivity index (χ0n) is 9.03. The van der Waals surface area contributed by atoms with Crippen LogP contribution < -0.4 is 16.6 Å². The molecule has 0 saturated carbocycles. The number of methoxy groups -OCH3 is 1. The molecule has 0 aliphatic heterocycles. The Balaban J connectivity index is 2.61. The summed E-state index contributed by atoms with van der Waals surface area (Å²) in [6.45, 7) is 2.73. The normalized spacial score (nSPS) is 12.2. The van der Waals surface area contributed by atoms with Crippen molar-refractivity contribution in [2.24, 2.45) is 5.84 Å². The van der Waals surface area contributed by atoms with Gasteiger partial charge in [-0.3, -0.25) is 0 Å². The molecule has 84 valence electrons. The van der Waals surface area contributed by atoms with Crippen LogP contribution in [0.15, 0.2) is 12.4 Å². The molecule has 6 heteroatoms. The van der Waals surface area contributed by atoms with Crippen LogP contribution in [0.2, 0.25) is 0 Å². The summed E-state index contributed by atoms with van der Waals surface area (Å²) in [5.41, 5.74) is 2.47. The molecule has 0 spiro atoms. The number of aromatic nitrogens is 2. The molecule has 4 N–H and O–H groups in total. The molecule has 1 atom stereocenters. The average molecular weight is 211 g/mol. The molecule has 0 aliphatic carbocycles. The molecule has 0 fully saturated rings. The Morgan fingerprint density at radius 1 is 1.47 bits per heavy atom. The highest BCUT2D eigenvalue weighted by molar-refractivity contribution is 5.46. The molecular formula is C9H17N5O. The second kappa shape index (κ2) is 6.15. The number of hydrogen-bond acceptors (Lipinski definition) is 6. The highest BCUT2D eigenvalue weighted by Gasteiger charge is 2.06. The van der Waals surface area contributed by atoms with E-state index in [4.69, 9.17) is 10.6 Å². The van der Waals surface area contributed by atoms with Gasteiger partial charge >= 0.3 is 0 Å². The highest BCUT2D eigenvalue weighted by Crippen LogP contribution is 2.09. The maximum Gasteiger partial charge on any atom is 0.145 e. The number of hydrogen-bond donors (Lipinski definition) is 3. The lowest BCUT2D eigenvalue weighted by molar-refractivity contribution is 0.184. The Bertz CT molecular complexity index is 294. The summed E-state index contributed by atoms with van der Waals surface area (Å²) in [4.78, 5) is 8.00. The lowest BCUT2D eigenvalue weighted by Crippen LogP contribution is -2.24. The molecule has 0 amide bonds. The lowest BCUT2D eigenvalue weighted by atomic mass is 10.2. The van der Waals surface area contributed by atoms with Crippen LogP contribution in [-0.2, 0) is 4.74 Å². The molecule has 1 heterocycles. The van der Waals surface area contributed by atoms with Gasteiger partial charge in [-0.1, -0.05) is 6.92 Å². The fourth-order valence-corrected chi connectivity index (χ4v) is 1.19. The molecule has 0 aliphatic rings. The van der Waals surface area contributed by atoms with Crippen molar-refractivity contribution < 1.29 is 4.74 Å². The minimum Gasteiger partial charge on any atom is -0.383 e. The minimum absolute atomic E-state index is 0.246. The molecule has 0 bridgehead atoms. The molecular weight excluding hydrogens is 194 g/mol. The molecule has 15 heavy (non-hydrogen) atoms. The minimum atomic E-state index is 0.246. The molecule has 0 radical (unpaired) electrons. The number of rotatable bonds is 6. The van der Waals surface area contributed by atoms with Gasteiger partial charge in [-0.25, -0.2) is 15.8 Å². The fourth-order valence-electron chi connectivity index (χ4n) is 1.19. The number of hydrazine groups is 1. The summed E-state index contributed by atoms with van der Waals surface area (Å²) >= 11 is 0. The van der Waals surface area contributed by atoms with Gasteiger partial charge in [0.25, 0.3) is 0 Å². The molecule has 1 rings (SSSR count). The van der Waals surface area contributed by atoms with Crippen molar-refractivity contribution >= 4 is 11.6 Å². The van der Waals surface area contributed by atoms with E-state index in [1.807, 2.05) is 0 Å². The first-order chi connectivity index (χ1) is 7.30. The summed E-state index contributed by atoms with van der Waals surface area (Å²) in [7, 11) is 1.68. The third-order valence-electron chi connectivity index (χ3n) is 2.03. The van der Waals surface area contributed by atoms with Crippen LogP contribution in [0.25, 0.3) is 0 Å². The third-order valence-corrected chi connectivity index (χ3v) is 2.03. The first kappa shape index (κ1) is 11.7. The predicted octanol–water partition coefficient (Wildman–Crippen LogP) is 0.599. The quantitative estimate of drug-likeness (QED) is 0.472. The van der Waals surface area contributed by atoms with E-state index in [9.17, 15) is 0 Å². The molecule has 6 nitrogen and oxygen atoms in total. The van der Waals surface area contributed by atoms with Gasteiger partial charge in [0.2, 0.25) is 0 Å². The lowest BCUT2D eigenvalue weighted by Gasteiger charge is -2.16. The van der Waals surface area contributed by atoms with E-state index in [-0.39, 0.29) is 6.04 Å². The van der Waals surface area contributed by atoms with Gasteiger partial charge in [0.05, 0.1) is 12.6 Å². The number of nitrogens with two attached hydrogens (primary N) is 1. The van der Waals surface area contributed by atoms with Crippen LogP contribution in [0.4, 0.5) is 11.6 Å². The highest BCUT2D eigenvalue weighted by atomic mass is 16.5. The summed E-state index contributed by atoms with van der Waals surface area (Å²) in [5, 5.41) is 3.23. The molecule has 1 aromatic rings. The Hall–Kier alpha value is -1.40. The molecule has 1 aromatic heterocycles. The van der Waals surface area contributed by atoms with Crippen molar-refractivity contribution in [3.05, 3.63) is 12.4 Å². The van der Waals surface area contributed by atoms with Gasteiger partial charge in [0.1, 0.15) is 18.0 Å². The van der Waals surface area contributed by atoms with Crippen LogP contribution in [0.5, 0.6) is 0 Å². The van der Waals surface area contributed by atoms with Crippen molar-refractivity contribution in [1.29, 1.82) is 0 Å². The van der Waals surface area contributed by atoms with Crippen molar-refractivity contribution in [3.8, 4) is 0 Å². The standard InChI is InChI=1S/C9H17N5O/c1-3-7(5-15-2)13-8-4-9(14-10)12-6-11-8/h4,6-7H,3,5,10H2,1-2H3,(H2,11,12,13,14). The second-order valence-corrected chi connectivity index (χ2v) is 3.14. The van der Waals surface area contributed by atoms with Crippen LogP contribution in [0, 0.1) is 0 Å². The number of nitrogen functional groups attached to an aromatic ring is 1. The number of ether oxygens (including phenoxy) is 1. The fraction of sp³-hybridized carbons (Fsp3) is 0.556. The van der Waals surface area contributed by atoms with Crippen LogP contribution >= 0.6 is 0 Å². The van der Waals surface area contributed by atoms with E-state index < -0.39 is 0 Å². The third kappa shape index (κ3) is 3.69. The van der Waals surface area contributed by atoms with Gasteiger partial charge in [0.15, 0.2) is 0 Å². The number of nitrogens with zero attached hydrogens (tertiary/aromatic N) is 2. The van der Waals surface area contributed by atoms with Gasteiger partial charge in [0, 0.05) is 13.2 Å². The van der Waals surface area contributed by atoms with Crippen molar-refractivity contribution in [3.63, 3.8) is 0 Å². The largest absolute Gasteiger partial charge is 0.383 e. The Kier molecular flexibility index (Phi) is 4.79. The Morgan fingerprint density at radius 3 is 2.80 bits per heavy atom. The molecule has 1 unspecified atom stereocenters. The van der Waals surface area contributed by atoms with Gasteiger partial charge in [-0.15, -0.1) is 0 Å². The van der Waals surface area contributed by atoms with E-state index >= 15 is 0 Å². The molecule has 0 saturated heterocycles. The Morgan fingerprint density at radius 2 is 2.20 bits per heavy atom. The summed E-state index contributed by atoms with van der Waals surface area (Å²) in [6.07, 6.45) is 2.42. The number of anilines is 2. The smallest absolute Gasteiger partial charge is 0.145 e. The van der Waals surface area contributed by atoms with Gasteiger partial charge < -0.3 is 15.5 Å². The van der Waals surface area contributed by atoms with Crippen molar-refractivity contribution in [2.75, 3.05) is 24.5 Å². The van der Waals surface area contributed by atoms with E-state index in [2.05, 4.69) is 27.6 Å². The zero-order valence-corrected chi connectivity index (χ0v) is 9.03. The van der Waals surface area contributed by atoms with E-state index in [1.54, 1.807) is 13.2 Å². The monoisotopic (exact) mass is 211 g/mol. The van der Waals surface area contributed by atoms with Crippen LogP contribution in [0.3, 0.4) is 0 Å². The van der Waals surface area contributed by atoms with Crippen LogP contribution in [-0.4, -0.2) is 29.7 Å². The zero-order chi connectivity index (χ0) is 11.1. The van der Waals surface area contributed by atoms with Crippen molar-refractivity contribution in [1.82, 2.24) is 9.97 Å².